The molecule has 1 atom stereocenters. The molecule has 4 heteroatoms. The number of hydrogen-bond acceptors (Lipinski definition) is 4. The molecule has 19 heavy (non-hydrogen) atoms. The molecular weight excluding hydrogens is 240 g/mol. The monoisotopic (exact) mass is 260 g/mol. The summed E-state index contributed by atoms with van der Waals surface area (Å²) < 4.78 is 5.58. The van der Waals surface area contributed by atoms with Gasteiger partial charge in [0.05, 0.1) is 18.2 Å². The Morgan fingerprint density at radius 3 is 2.63 bits per heavy atom. The summed E-state index contributed by atoms with van der Waals surface area (Å²) >= 11 is 0. The molecular formula is C15H20N2O2. The third-order valence-electron chi connectivity index (χ3n) is 4.03. The van der Waals surface area contributed by atoms with E-state index in [0.717, 1.165) is 38.3 Å². The van der Waals surface area contributed by atoms with Crippen LogP contribution in [0.25, 0.3) is 0 Å². The number of carbonyl (C=O) groups excluding carboxylic acids is 1. The van der Waals surface area contributed by atoms with E-state index in [9.17, 15) is 4.79 Å². The number of hydrogen-bond donors (Lipinski definition) is 0. The summed E-state index contributed by atoms with van der Waals surface area (Å²) in [6.45, 7) is 7.59. The summed E-state index contributed by atoms with van der Waals surface area (Å²) in [5.41, 5.74) is 0.725. The number of para-hydroxylation sites is 1. The fraction of sp³-hybridized carbons (Fsp3) is 0.533. The van der Waals surface area contributed by atoms with Crippen molar-refractivity contribution in [3.63, 3.8) is 0 Å². The first kappa shape index (κ1) is 12.6. The lowest BCUT2D eigenvalue weighted by molar-refractivity contribution is 0.0157. The van der Waals surface area contributed by atoms with Gasteiger partial charge in [0.25, 0.3) is 0 Å². The number of carbonyl (C=O) groups is 1. The second-order valence-electron chi connectivity index (χ2n) is 5.15. The van der Waals surface area contributed by atoms with Crippen molar-refractivity contribution in [3.05, 3.63) is 29.8 Å². The molecule has 4 rings (SSSR count). The molecule has 1 unspecified atom stereocenters. The second kappa shape index (κ2) is 5.31. The van der Waals surface area contributed by atoms with Crippen molar-refractivity contribution in [1.82, 2.24) is 9.80 Å². The van der Waals surface area contributed by atoms with Crippen LogP contribution in [0.4, 0.5) is 0 Å². The van der Waals surface area contributed by atoms with Gasteiger partial charge in [-0.25, -0.2) is 0 Å². The zero-order chi connectivity index (χ0) is 13.2. The molecule has 2 bridgehead atoms. The molecule has 1 aromatic rings. The maximum Gasteiger partial charge on any atom is 0.184 e. The lowest BCUT2D eigenvalue weighted by atomic mass is 9.97. The fourth-order valence-electron chi connectivity index (χ4n) is 3.00. The number of piperazine rings is 3. The third kappa shape index (κ3) is 2.38. The summed E-state index contributed by atoms with van der Waals surface area (Å²) in [6, 6.07) is 7.59. The van der Waals surface area contributed by atoms with Crippen molar-refractivity contribution in [3.8, 4) is 5.75 Å². The van der Waals surface area contributed by atoms with Gasteiger partial charge in [0.2, 0.25) is 0 Å². The van der Waals surface area contributed by atoms with Crippen molar-refractivity contribution in [2.24, 2.45) is 0 Å². The van der Waals surface area contributed by atoms with E-state index in [2.05, 4.69) is 9.80 Å². The van der Waals surface area contributed by atoms with E-state index >= 15 is 0 Å². The average Bonchev–Trinajstić information content (AvgIpc) is 2.48. The van der Waals surface area contributed by atoms with Gasteiger partial charge in [-0.15, -0.1) is 0 Å². The minimum absolute atomic E-state index is 0.00380. The quantitative estimate of drug-likeness (QED) is 0.763. The van der Waals surface area contributed by atoms with Crippen molar-refractivity contribution in [2.45, 2.75) is 13.0 Å². The Labute approximate surface area is 113 Å². The van der Waals surface area contributed by atoms with Gasteiger partial charge < -0.3 is 4.74 Å². The molecule has 0 amide bonds. The molecule has 3 heterocycles. The highest BCUT2D eigenvalue weighted by Gasteiger charge is 2.37. The summed E-state index contributed by atoms with van der Waals surface area (Å²) in [5, 5.41) is 0. The van der Waals surface area contributed by atoms with Gasteiger partial charge in [-0.1, -0.05) is 12.1 Å². The lowest BCUT2D eigenvalue weighted by Crippen LogP contribution is -2.63. The van der Waals surface area contributed by atoms with E-state index in [1.54, 1.807) is 0 Å². The molecule has 3 saturated heterocycles. The van der Waals surface area contributed by atoms with E-state index in [-0.39, 0.29) is 11.8 Å². The molecule has 3 aliphatic rings. The Morgan fingerprint density at radius 1 is 1.26 bits per heavy atom. The maximum absolute atomic E-state index is 12.7. The first-order chi connectivity index (χ1) is 9.29. The van der Waals surface area contributed by atoms with Crippen LogP contribution in [0.15, 0.2) is 24.3 Å². The van der Waals surface area contributed by atoms with Gasteiger partial charge in [-0.3, -0.25) is 14.6 Å². The van der Waals surface area contributed by atoms with Crippen LogP contribution >= 0.6 is 0 Å². The van der Waals surface area contributed by atoms with E-state index in [1.807, 2.05) is 31.2 Å². The summed E-state index contributed by atoms with van der Waals surface area (Å²) in [5.74, 6) is 0.918. The Kier molecular flexibility index (Phi) is 3.53. The van der Waals surface area contributed by atoms with Gasteiger partial charge in [0, 0.05) is 32.7 Å². The first-order valence-electron chi connectivity index (χ1n) is 7.02. The number of fused-ring (bicyclic) bond motifs is 3. The molecule has 0 spiro atoms. The molecule has 0 saturated carbocycles. The Morgan fingerprint density at radius 2 is 2.00 bits per heavy atom. The Balaban J connectivity index is 1.84. The summed E-state index contributed by atoms with van der Waals surface area (Å²) in [7, 11) is 0. The molecule has 102 valence electrons. The minimum atomic E-state index is 0.00380. The van der Waals surface area contributed by atoms with E-state index in [1.165, 1.54) is 0 Å². The maximum atomic E-state index is 12.7. The van der Waals surface area contributed by atoms with Crippen molar-refractivity contribution in [1.29, 1.82) is 0 Å². The van der Waals surface area contributed by atoms with Gasteiger partial charge >= 0.3 is 0 Å². The van der Waals surface area contributed by atoms with E-state index in [4.69, 9.17) is 4.74 Å². The molecule has 3 fully saturated rings. The van der Waals surface area contributed by atoms with E-state index < -0.39 is 0 Å². The van der Waals surface area contributed by atoms with Crippen LogP contribution in [0.3, 0.4) is 0 Å². The van der Waals surface area contributed by atoms with Gasteiger partial charge in [-0.05, 0) is 19.1 Å². The minimum Gasteiger partial charge on any atom is -0.493 e. The van der Waals surface area contributed by atoms with Crippen LogP contribution in [-0.4, -0.2) is 61.0 Å². The largest absolute Gasteiger partial charge is 0.493 e. The fourth-order valence-corrected chi connectivity index (χ4v) is 3.00. The molecule has 3 aliphatic heterocycles. The SMILES string of the molecule is CCOc1ccccc1C(=O)C1CN2CCN1CC2. The first-order valence-corrected chi connectivity index (χ1v) is 7.02. The highest BCUT2D eigenvalue weighted by molar-refractivity contribution is 6.02. The topological polar surface area (TPSA) is 32.8 Å². The van der Waals surface area contributed by atoms with Gasteiger partial charge in [0.1, 0.15) is 5.75 Å². The van der Waals surface area contributed by atoms with Crippen molar-refractivity contribution >= 4 is 5.78 Å². The molecule has 1 aromatic carbocycles. The van der Waals surface area contributed by atoms with Crippen LogP contribution in [0.5, 0.6) is 5.75 Å². The van der Waals surface area contributed by atoms with Crippen LogP contribution in [0.2, 0.25) is 0 Å². The second-order valence-corrected chi connectivity index (χ2v) is 5.15. The van der Waals surface area contributed by atoms with Crippen LogP contribution in [-0.2, 0) is 0 Å². The number of nitrogens with zero attached hydrogens (tertiary/aromatic N) is 2. The van der Waals surface area contributed by atoms with Crippen molar-refractivity contribution in [2.75, 3.05) is 39.3 Å². The average molecular weight is 260 g/mol. The number of Topliss-reactive ketones (excluding diaryl/α,β-unsaturated/α-hetero) is 1. The highest BCUT2D eigenvalue weighted by atomic mass is 16.5. The molecule has 0 radical (unpaired) electrons. The van der Waals surface area contributed by atoms with Crippen LogP contribution in [0, 0.1) is 0 Å². The number of rotatable bonds is 4. The van der Waals surface area contributed by atoms with Crippen LogP contribution in [0.1, 0.15) is 17.3 Å². The standard InChI is InChI=1S/C15H20N2O2/c1-2-19-14-6-4-3-5-12(14)15(18)13-11-16-7-9-17(13)10-8-16/h3-6,13H,2,7-11H2,1H3. The van der Waals surface area contributed by atoms with Crippen molar-refractivity contribution < 1.29 is 9.53 Å². The zero-order valence-electron chi connectivity index (χ0n) is 11.3. The van der Waals surface area contributed by atoms with Gasteiger partial charge in [0.15, 0.2) is 5.78 Å². The summed E-state index contributed by atoms with van der Waals surface area (Å²) in [4.78, 5) is 17.4. The number of ether oxygens (including phenoxy) is 1. The predicted octanol–water partition coefficient (Wildman–Crippen LogP) is 1.27. The highest BCUT2D eigenvalue weighted by Crippen LogP contribution is 2.24. The zero-order valence-corrected chi connectivity index (χ0v) is 11.3. The number of benzene rings is 1. The third-order valence-corrected chi connectivity index (χ3v) is 4.03. The summed E-state index contributed by atoms with van der Waals surface area (Å²) in [6.07, 6.45) is 0. The molecule has 0 N–H and O–H groups in total. The van der Waals surface area contributed by atoms with E-state index in [0.29, 0.717) is 12.4 Å². The lowest BCUT2D eigenvalue weighted by Gasteiger charge is -2.46. The Hall–Kier alpha value is -1.39. The van der Waals surface area contributed by atoms with Gasteiger partial charge in [-0.2, -0.15) is 0 Å². The molecule has 0 aromatic heterocycles. The normalized spacial score (nSPS) is 29.2. The predicted molar refractivity (Wildman–Crippen MR) is 73.7 cm³/mol. The molecule has 4 nitrogen and oxygen atoms in total. The number of ketones is 1. The Bertz CT molecular complexity index is 467. The smallest absolute Gasteiger partial charge is 0.184 e. The molecule has 0 aliphatic carbocycles. The van der Waals surface area contributed by atoms with Crippen LogP contribution < -0.4 is 4.74 Å².